The van der Waals surface area contributed by atoms with Gasteiger partial charge >= 0.3 is 0 Å². The van der Waals surface area contributed by atoms with Gasteiger partial charge in [-0.05, 0) is 25.8 Å². The number of halogens is 1. The van der Waals surface area contributed by atoms with E-state index >= 15 is 0 Å². The Kier molecular flexibility index (Phi) is 5.31. The SMILES string of the molecule is CC(N)C(c1ccccc1F)N(CC(N)=O)C1CCCC1. The highest BCUT2D eigenvalue weighted by molar-refractivity contribution is 5.76. The summed E-state index contributed by atoms with van der Waals surface area (Å²) >= 11 is 0. The van der Waals surface area contributed by atoms with Gasteiger partial charge in [0.25, 0.3) is 0 Å². The van der Waals surface area contributed by atoms with E-state index in [1.807, 2.05) is 11.8 Å². The molecule has 1 aliphatic carbocycles. The fraction of sp³-hybridized carbons (Fsp3) is 0.562. The van der Waals surface area contributed by atoms with Crippen molar-refractivity contribution in [2.75, 3.05) is 6.54 Å². The molecule has 0 heterocycles. The maximum Gasteiger partial charge on any atom is 0.231 e. The normalized spacial score (nSPS) is 18.9. The van der Waals surface area contributed by atoms with E-state index in [4.69, 9.17) is 11.5 Å². The second-order valence-electron chi connectivity index (χ2n) is 5.90. The number of carbonyl (C=O) groups is 1. The van der Waals surface area contributed by atoms with E-state index < -0.39 is 5.91 Å². The lowest BCUT2D eigenvalue weighted by Crippen LogP contribution is -2.48. The molecule has 4 nitrogen and oxygen atoms in total. The number of amides is 1. The number of rotatable bonds is 6. The molecule has 0 aromatic heterocycles. The van der Waals surface area contributed by atoms with Gasteiger partial charge in [0, 0.05) is 17.6 Å². The van der Waals surface area contributed by atoms with Gasteiger partial charge < -0.3 is 11.5 Å². The van der Waals surface area contributed by atoms with Crippen molar-refractivity contribution in [3.05, 3.63) is 35.6 Å². The Morgan fingerprint density at radius 1 is 1.38 bits per heavy atom. The standard InChI is InChI=1S/C16H24FN3O/c1-11(18)16(13-8-4-5-9-14(13)17)20(10-15(19)21)12-6-2-3-7-12/h4-5,8-9,11-12,16H,2-3,6-7,10,18H2,1H3,(H2,19,21). The van der Waals surface area contributed by atoms with Gasteiger partial charge in [-0.2, -0.15) is 0 Å². The first kappa shape index (κ1) is 15.9. The third-order valence-corrected chi connectivity index (χ3v) is 4.21. The second kappa shape index (κ2) is 7.00. The maximum atomic E-state index is 14.2. The molecule has 5 heteroatoms. The van der Waals surface area contributed by atoms with Crippen LogP contribution in [0.3, 0.4) is 0 Å². The van der Waals surface area contributed by atoms with E-state index in [0.29, 0.717) is 5.56 Å². The average molecular weight is 293 g/mol. The van der Waals surface area contributed by atoms with E-state index in [1.165, 1.54) is 6.07 Å². The topological polar surface area (TPSA) is 72.3 Å². The molecule has 0 saturated heterocycles. The Balaban J connectivity index is 2.36. The molecule has 1 amide bonds. The number of primary amides is 1. The highest BCUT2D eigenvalue weighted by atomic mass is 19.1. The van der Waals surface area contributed by atoms with Gasteiger partial charge in [0.1, 0.15) is 5.82 Å². The summed E-state index contributed by atoms with van der Waals surface area (Å²) in [7, 11) is 0. The second-order valence-corrected chi connectivity index (χ2v) is 5.90. The molecule has 0 radical (unpaired) electrons. The molecule has 21 heavy (non-hydrogen) atoms. The molecule has 4 N–H and O–H groups in total. The monoisotopic (exact) mass is 293 g/mol. The first-order chi connectivity index (χ1) is 10.0. The van der Waals surface area contributed by atoms with Crippen LogP contribution in [0.1, 0.15) is 44.2 Å². The van der Waals surface area contributed by atoms with Crippen LogP contribution in [0, 0.1) is 5.82 Å². The highest BCUT2D eigenvalue weighted by Crippen LogP contribution is 2.33. The summed E-state index contributed by atoms with van der Waals surface area (Å²) in [5.41, 5.74) is 12.1. The molecule has 1 aliphatic rings. The van der Waals surface area contributed by atoms with Gasteiger partial charge in [-0.25, -0.2) is 4.39 Å². The van der Waals surface area contributed by atoms with Crippen molar-refractivity contribution in [2.24, 2.45) is 11.5 Å². The fourth-order valence-electron chi connectivity index (χ4n) is 3.35. The Hall–Kier alpha value is -1.46. The number of carbonyl (C=O) groups excluding carboxylic acids is 1. The molecule has 2 atom stereocenters. The van der Waals surface area contributed by atoms with Crippen LogP contribution in [-0.4, -0.2) is 29.4 Å². The molecular weight excluding hydrogens is 269 g/mol. The van der Waals surface area contributed by atoms with Crippen LogP contribution in [0.15, 0.2) is 24.3 Å². The molecule has 0 aliphatic heterocycles. The van der Waals surface area contributed by atoms with E-state index in [1.54, 1.807) is 18.2 Å². The lowest BCUT2D eigenvalue weighted by Gasteiger charge is -2.38. The maximum absolute atomic E-state index is 14.2. The van der Waals surface area contributed by atoms with E-state index in [9.17, 15) is 9.18 Å². The summed E-state index contributed by atoms with van der Waals surface area (Å²) in [5, 5.41) is 0. The third-order valence-electron chi connectivity index (χ3n) is 4.21. The smallest absolute Gasteiger partial charge is 0.231 e. The van der Waals surface area contributed by atoms with Crippen LogP contribution in [0.5, 0.6) is 0 Å². The van der Waals surface area contributed by atoms with Crippen LogP contribution in [0.2, 0.25) is 0 Å². The lowest BCUT2D eigenvalue weighted by molar-refractivity contribution is -0.120. The summed E-state index contributed by atoms with van der Waals surface area (Å²) in [6.07, 6.45) is 4.27. The number of nitrogens with zero attached hydrogens (tertiary/aromatic N) is 1. The zero-order valence-corrected chi connectivity index (χ0v) is 12.5. The van der Waals surface area contributed by atoms with Gasteiger partial charge in [-0.1, -0.05) is 31.0 Å². The molecule has 0 bridgehead atoms. The molecular formula is C16H24FN3O. The Labute approximate surface area is 125 Å². The first-order valence-electron chi connectivity index (χ1n) is 7.54. The van der Waals surface area contributed by atoms with Crippen molar-refractivity contribution in [2.45, 2.75) is 50.7 Å². The minimum absolute atomic E-state index is 0.116. The van der Waals surface area contributed by atoms with Crippen molar-refractivity contribution in [3.63, 3.8) is 0 Å². The molecule has 1 aromatic carbocycles. The minimum atomic E-state index is -0.399. The number of hydrogen-bond acceptors (Lipinski definition) is 3. The average Bonchev–Trinajstić information content (AvgIpc) is 2.93. The van der Waals surface area contributed by atoms with Crippen LogP contribution in [0.4, 0.5) is 4.39 Å². The van der Waals surface area contributed by atoms with Crippen molar-refractivity contribution in [3.8, 4) is 0 Å². The number of nitrogens with two attached hydrogens (primary N) is 2. The molecule has 0 spiro atoms. The first-order valence-corrected chi connectivity index (χ1v) is 7.54. The fourth-order valence-corrected chi connectivity index (χ4v) is 3.35. The van der Waals surface area contributed by atoms with Gasteiger partial charge in [0.05, 0.1) is 12.6 Å². The van der Waals surface area contributed by atoms with Crippen LogP contribution >= 0.6 is 0 Å². The Morgan fingerprint density at radius 3 is 2.52 bits per heavy atom. The van der Waals surface area contributed by atoms with E-state index in [0.717, 1.165) is 25.7 Å². The van der Waals surface area contributed by atoms with E-state index in [2.05, 4.69) is 0 Å². The summed E-state index contributed by atoms with van der Waals surface area (Å²) in [6, 6.07) is 6.25. The summed E-state index contributed by atoms with van der Waals surface area (Å²) in [4.78, 5) is 13.5. The van der Waals surface area contributed by atoms with Gasteiger partial charge in [-0.15, -0.1) is 0 Å². The third kappa shape index (κ3) is 3.80. The zero-order valence-electron chi connectivity index (χ0n) is 12.5. The largest absolute Gasteiger partial charge is 0.369 e. The van der Waals surface area contributed by atoms with Gasteiger partial charge in [0.15, 0.2) is 0 Å². The van der Waals surface area contributed by atoms with Crippen LogP contribution < -0.4 is 11.5 Å². The number of hydrogen-bond donors (Lipinski definition) is 2. The van der Waals surface area contributed by atoms with Crippen molar-refractivity contribution in [1.29, 1.82) is 0 Å². The van der Waals surface area contributed by atoms with E-state index in [-0.39, 0.29) is 30.5 Å². The van der Waals surface area contributed by atoms with Crippen LogP contribution in [0.25, 0.3) is 0 Å². The Morgan fingerprint density at radius 2 is 2.00 bits per heavy atom. The molecule has 116 valence electrons. The molecule has 2 rings (SSSR count). The zero-order chi connectivity index (χ0) is 15.4. The molecule has 1 fully saturated rings. The summed E-state index contributed by atoms with van der Waals surface area (Å²) in [6.45, 7) is 1.96. The summed E-state index contributed by atoms with van der Waals surface area (Å²) < 4.78 is 14.2. The summed E-state index contributed by atoms with van der Waals surface area (Å²) in [5.74, 6) is -0.684. The highest BCUT2D eigenvalue weighted by Gasteiger charge is 2.33. The van der Waals surface area contributed by atoms with Crippen molar-refractivity contribution in [1.82, 2.24) is 4.90 Å². The predicted molar refractivity (Wildman–Crippen MR) is 80.9 cm³/mol. The predicted octanol–water partition coefficient (Wildman–Crippen LogP) is 1.94. The van der Waals surface area contributed by atoms with Gasteiger partial charge in [0.2, 0.25) is 5.91 Å². The minimum Gasteiger partial charge on any atom is -0.369 e. The number of benzene rings is 1. The molecule has 1 aromatic rings. The van der Waals surface area contributed by atoms with Gasteiger partial charge in [-0.3, -0.25) is 9.69 Å². The Bertz CT molecular complexity index is 486. The lowest BCUT2D eigenvalue weighted by atomic mass is 9.96. The quantitative estimate of drug-likeness (QED) is 0.842. The molecule has 2 unspecified atom stereocenters. The van der Waals surface area contributed by atoms with Crippen LogP contribution in [-0.2, 0) is 4.79 Å². The van der Waals surface area contributed by atoms with Crippen molar-refractivity contribution >= 4 is 5.91 Å². The van der Waals surface area contributed by atoms with Crippen molar-refractivity contribution < 1.29 is 9.18 Å². The molecule has 1 saturated carbocycles.